The van der Waals surface area contributed by atoms with E-state index in [0.29, 0.717) is 11.7 Å². The number of alkyl carbamates (subject to hydrolysis) is 1. The molecular weight excluding hydrogens is 316 g/mol. The lowest BCUT2D eigenvalue weighted by atomic mass is 10.2. The fraction of sp³-hybridized carbons (Fsp3) is 0.688. The molecule has 128 valence electrons. The Balaban J connectivity index is 2.03. The Labute approximate surface area is 142 Å². The van der Waals surface area contributed by atoms with Crippen molar-refractivity contribution in [3.63, 3.8) is 0 Å². The number of aromatic nitrogens is 2. The van der Waals surface area contributed by atoms with Crippen molar-refractivity contribution < 1.29 is 9.53 Å². The number of carbonyl (C=O) groups excluding carboxylic acids is 1. The van der Waals surface area contributed by atoms with E-state index in [9.17, 15) is 4.79 Å². The van der Waals surface area contributed by atoms with Gasteiger partial charge >= 0.3 is 6.09 Å². The van der Waals surface area contributed by atoms with Crippen LogP contribution in [-0.4, -0.2) is 40.8 Å². The molecule has 1 saturated heterocycles. The van der Waals surface area contributed by atoms with Crippen molar-refractivity contribution in [3.8, 4) is 0 Å². The van der Waals surface area contributed by atoms with Gasteiger partial charge in [0.25, 0.3) is 0 Å². The van der Waals surface area contributed by atoms with Crippen LogP contribution < -0.4 is 10.2 Å². The van der Waals surface area contributed by atoms with Crippen molar-refractivity contribution in [1.82, 2.24) is 15.3 Å². The maximum Gasteiger partial charge on any atom is 0.407 e. The number of hydrogen-bond donors (Lipinski definition) is 1. The largest absolute Gasteiger partial charge is 0.444 e. The van der Waals surface area contributed by atoms with Crippen LogP contribution in [0.3, 0.4) is 0 Å². The summed E-state index contributed by atoms with van der Waals surface area (Å²) in [5, 5.41) is 3.41. The van der Waals surface area contributed by atoms with Gasteiger partial charge in [0.15, 0.2) is 0 Å². The van der Waals surface area contributed by atoms with Gasteiger partial charge in [0.1, 0.15) is 22.4 Å². The van der Waals surface area contributed by atoms with Gasteiger partial charge in [0.2, 0.25) is 0 Å². The molecule has 2 rings (SSSR count). The SMILES string of the molecule is CCc1nc(Cl)c(C)c(N2CC[C@@H](NC(=O)OC(C)(C)C)C2)n1. The van der Waals surface area contributed by atoms with Crippen LogP contribution in [0.4, 0.5) is 10.6 Å². The second kappa shape index (κ2) is 6.91. The highest BCUT2D eigenvalue weighted by Crippen LogP contribution is 2.26. The zero-order valence-electron chi connectivity index (χ0n) is 14.4. The van der Waals surface area contributed by atoms with Crippen molar-refractivity contribution in [2.24, 2.45) is 0 Å². The van der Waals surface area contributed by atoms with E-state index in [1.165, 1.54) is 0 Å². The Morgan fingerprint density at radius 3 is 2.74 bits per heavy atom. The number of nitrogens with one attached hydrogen (secondary N) is 1. The first-order valence-electron chi connectivity index (χ1n) is 7.97. The molecule has 0 aliphatic carbocycles. The Morgan fingerprint density at radius 2 is 2.13 bits per heavy atom. The minimum Gasteiger partial charge on any atom is -0.444 e. The van der Waals surface area contributed by atoms with E-state index in [4.69, 9.17) is 16.3 Å². The first kappa shape index (κ1) is 17.8. The summed E-state index contributed by atoms with van der Waals surface area (Å²) in [5.74, 6) is 1.59. The molecule has 1 N–H and O–H groups in total. The van der Waals surface area contributed by atoms with Crippen molar-refractivity contribution in [2.75, 3.05) is 18.0 Å². The van der Waals surface area contributed by atoms with Crippen LogP contribution in [0, 0.1) is 6.92 Å². The molecule has 0 spiro atoms. The fourth-order valence-corrected chi connectivity index (χ4v) is 2.71. The van der Waals surface area contributed by atoms with Crippen LogP contribution in [-0.2, 0) is 11.2 Å². The maximum atomic E-state index is 11.9. The third-order valence-electron chi connectivity index (χ3n) is 3.63. The van der Waals surface area contributed by atoms with Crippen LogP contribution in [0.2, 0.25) is 5.15 Å². The third-order valence-corrected chi connectivity index (χ3v) is 4.00. The smallest absolute Gasteiger partial charge is 0.407 e. The quantitative estimate of drug-likeness (QED) is 0.856. The molecule has 1 aliphatic rings. The molecule has 23 heavy (non-hydrogen) atoms. The summed E-state index contributed by atoms with van der Waals surface area (Å²) < 4.78 is 5.30. The van der Waals surface area contributed by atoms with Gasteiger partial charge in [-0.15, -0.1) is 0 Å². The highest BCUT2D eigenvalue weighted by molar-refractivity contribution is 6.30. The summed E-state index contributed by atoms with van der Waals surface area (Å²) in [6.07, 6.45) is 1.21. The fourth-order valence-electron chi connectivity index (χ4n) is 2.53. The van der Waals surface area contributed by atoms with Crippen LogP contribution in [0.5, 0.6) is 0 Å². The van der Waals surface area contributed by atoms with Gasteiger partial charge in [-0.05, 0) is 34.1 Å². The van der Waals surface area contributed by atoms with Crippen molar-refractivity contribution >= 4 is 23.5 Å². The summed E-state index contributed by atoms with van der Waals surface area (Å²) in [7, 11) is 0. The van der Waals surface area contributed by atoms with Gasteiger partial charge in [-0.2, -0.15) is 0 Å². The van der Waals surface area contributed by atoms with E-state index in [-0.39, 0.29) is 12.1 Å². The molecule has 1 aromatic rings. The Hall–Kier alpha value is -1.56. The molecule has 1 amide bonds. The highest BCUT2D eigenvalue weighted by Gasteiger charge is 2.28. The van der Waals surface area contributed by atoms with Crippen LogP contribution in [0.25, 0.3) is 0 Å². The average Bonchev–Trinajstić information content (AvgIpc) is 2.87. The zero-order chi connectivity index (χ0) is 17.2. The molecule has 0 saturated carbocycles. The Bertz CT molecular complexity index is 586. The number of anilines is 1. The molecule has 2 heterocycles. The van der Waals surface area contributed by atoms with Gasteiger partial charge in [0.05, 0.1) is 6.04 Å². The van der Waals surface area contributed by atoms with E-state index >= 15 is 0 Å². The minimum atomic E-state index is -0.491. The highest BCUT2D eigenvalue weighted by atomic mass is 35.5. The van der Waals surface area contributed by atoms with Crippen molar-refractivity contribution in [1.29, 1.82) is 0 Å². The molecule has 0 unspecified atom stereocenters. The molecule has 1 aromatic heterocycles. The number of halogens is 1. The van der Waals surface area contributed by atoms with Gasteiger partial charge < -0.3 is 15.0 Å². The topological polar surface area (TPSA) is 67.4 Å². The zero-order valence-corrected chi connectivity index (χ0v) is 15.2. The second-order valence-electron chi connectivity index (χ2n) is 6.81. The maximum absolute atomic E-state index is 11.9. The lowest BCUT2D eigenvalue weighted by Gasteiger charge is -2.23. The molecule has 1 fully saturated rings. The van der Waals surface area contributed by atoms with Crippen LogP contribution in [0.15, 0.2) is 0 Å². The minimum absolute atomic E-state index is 0.0445. The molecule has 0 bridgehead atoms. The van der Waals surface area contributed by atoms with Gasteiger partial charge in [-0.3, -0.25) is 0 Å². The predicted molar refractivity (Wildman–Crippen MR) is 91.1 cm³/mol. The van der Waals surface area contributed by atoms with Crippen molar-refractivity contribution in [2.45, 2.75) is 59.1 Å². The molecule has 1 atom stereocenters. The summed E-state index contributed by atoms with van der Waals surface area (Å²) in [6.45, 7) is 11.0. The van der Waals surface area contributed by atoms with Gasteiger partial charge in [0, 0.05) is 25.1 Å². The van der Waals surface area contributed by atoms with E-state index in [1.807, 2.05) is 34.6 Å². The van der Waals surface area contributed by atoms with E-state index in [1.54, 1.807) is 0 Å². The molecular formula is C16H25ClN4O2. The number of amides is 1. The molecule has 0 aromatic carbocycles. The Morgan fingerprint density at radius 1 is 1.43 bits per heavy atom. The van der Waals surface area contributed by atoms with Gasteiger partial charge in [-0.25, -0.2) is 14.8 Å². The summed E-state index contributed by atoms with van der Waals surface area (Å²) in [5.41, 5.74) is 0.386. The van der Waals surface area contributed by atoms with Crippen LogP contribution in [0.1, 0.15) is 45.5 Å². The first-order valence-corrected chi connectivity index (χ1v) is 8.35. The molecule has 6 nitrogen and oxygen atoms in total. The number of ether oxygens (including phenoxy) is 1. The predicted octanol–water partition coefficient (Wildman–Crippen LogP) is 3.10. The lowest BCUT2D eigenvalue weighted by Crippen LogP contribution is -2.40. The molecule has 1 aliphatic heterocycles. The molecule has 0 radical (unpaired) electrons. The standard InChI is InChI=1S/C16H25ClN4O2/c1-6-12-19-13(17)10(2)14(20-12)21-8-7-11(9-21)18-15(22)23-16(3,4)5/h11H,6-9H2,1-5H3,(H,18,22)/t11-/m1/s1. The average molecular weight is 341 g/mol. The number of nitrogens with zero attached hydrogens (tertiary/aromatic N) is 3. The monoisotopic (exact) mass is 340 g/mol. The third kappa shape index (κ3) is 4.70. The normalized spacial score (nSPS) is 18.2. The molecule has 7 heteroatoms. The second-order valence-corrected chi connectivity index (χ2v) is 7.17. The van der Waals surface area contributed by atoms with Crippen molar-refractivity contribution in [3.05, 3.63) is 16.5 Å². The van der Waals surface area contributed by atoms with E-state index < -0.39 is 5.60 Å². The van der Waals surface area contributed by atoms with E-state index in [2.05, 4.69) is 20.2 Å². The number of aryl methyl sites for hydroxylation is 1. The number of rotatable bonds is 3. The number of carbonyl (C=O) groups is 1. The Kier molecular flexibility index (Phi) is 5.34. The first-order chi connectivity index (χ1) is 10.7. The van der Waals surface area contributed by atoms with E-state index in [0.717, 1.165) is 36.6 Å². The van der Waals surface area contributed by atoms with Crippen LogP contribution >= 0.6 is 11.6 Å². The summed E-state index contributed by atoms with van der Waals surface area (Å²) in [6, 6.07) is 0.0445. The summed E-state index contributed by atoms with van der Waals surface area (Å²) >= 11 is 6.20. The number of hydrogen-bond acceptors (Lipinski definition) is 5. The van der Waals surface area contributed by atoms with Gasteiger partial charge in [-0.1, -0.05) is 18.5 Å². The summed E-state index contributed by atoms with van der Waals surface area (Å²) in [4.78, 5) is 22.9. The lowest BCUT2D eigenvalue weighted by molar-refractivity contribution is 0.0509.